The van der Waals surface area contributed by atoms with Gasteiger partial charge in [0.1, 0.15) is 5.66 Å². The molecule has 0 aliphatic rings. The van der Waals surface area contributed by atoms with E-state index in [-0.39, 0.29) is 6.42 Å². The molecule has 0 aromatic heterocycles. The van der Waals surface area contributed by atoms with E-state index in [1.807, 2.05) is 60.7 Å². The van der Waals surface area contributed by atoms with Gasteiger partial charge in [-0.25, -0.2) is 0 Å². The van der Waals surface area contributed by atoms with E-state index in [1.165, 1.54) is 0 Å². The highest BCUT2D eigenvalue weighted by Crippen LogP contribution is 2.47. The fraction of sp³-hybridized carbons (Fsp3) is 0.143. The molecule has 8 nitrogen and oxygen atoms in total. The molecule has 0 heterocycles. The molecule has 6 aromatic rings. The summed E-state index contributed by atoms with van der Waals surface area (Å²) in [7, 11) is -10.6. The Morgan fingerprint density at radius 3 is 0.904 bits per heavy atom. The Hall–Kier alpha value is -4.46. The van der Waals surface area contributed by atoms with E-state index in [0.717, 1.165) is 5.56 Å². The highest BCUT2D eigenvalue weighted by molar-refractivity contribution is 7.49. The predicted octanol–water partition coefficient (Wildman–Crippen LogP) is 4.98. The third kappa shape index (κ3) is 8.59. The van der Waals surface area contributed by atoms with Crippen molar-refractivity contribution in [2.75, 3.05) is 12.3 Å². The van der Waals surface area contributed by atoms with Gasteiger partial charge in [-0.1, -0.05) is 197 Å². The van der Waals surface area contributed by atoms with E-state index in [0.29, 0.717) is 27.8 Å². The van der Waals surface area contributed by atoms with Gasteiger partial charge in [-0.2, -0.15) is 0 Å². The van der Waals surface area contributed by atoms with Crippen LogP contribution in [0.15, 0.2) is 182 Å². The first-order chi connectivity index (χ1) is 24.9. The fourth-order valence-corrected chi connectivity index (χ4v) is 9.31. The zero-order chi connectivity index (χ0) is 36.7. The van der Waals surface area contributed by atoms with E-state index in [2.05, 4.69) is 10.6 Å². The Balaban J connectivity index is 1.75. The number of hydrogen-bond acceptors (Lipinski definition) is 8. The van der Waals surface area contributed by atoms with E-state index < -0.39 is 44.3 Å². The summed E-state index contributed by atoms with van der Waals surface area (Å²) in [6.45, 7) is 0. The number of nitrogens with one attached hydrogen (secondary N) is 2. The zero-order valence-corrected chi connectivity index (χ0v) is 30.1. The molecule has 0 fully saturated rings. The molecule has 2 N–H and O–H groups in total. The van der Waals surface area contributed by atoms with Crippen molar-refractivity contribution in [1.82, 2.24) is 10.6 Å². The average Bonchev–Trinajstić information content (AvgIpc) is 3.15. The van der Waals surface area contributed by atoms with Crippen LogP contribution in [0.25, 0.3) is 0 Å². The maximum atomic E-state index is 13.2. The summed E-state index contributed by atoms with van der Waals surface area (Å²) >= 11 is 0. The highest BCUT2D eigenvalue weighted by Gasteiger charge is 2.49. The topological polar surface area (TPSA) is 150 Å². The van der Waals surface area contributed by atoms with Gasteiger partial charge in [-0.05, 0) is 33.4 Å². The minimum absolute atomic E-state index is 0.116. The fourth-order valence-electron chi connectivity index (χ4n) is 7.26. The second-order valence-electron chi connectivity index (χ2n) is 13.0. The van der Waals surface area contributed by atoms with Gasteiger partial charge in [0.15, 0.2) is 0 Å². The molecule has 0 spiro atoms. The van der Waals surface area contributed by atoms with E-state index >= 15 is 0 Å². The molecule has 0 amide bonds. The quantitative estimate of drug-likeness (QED) is 0.111. The summed E-state index contributed by atoms with van der Waals surface area (Å²) in [5, 5.41) is 7.48. The molecule has 52 heavy (non-hydrogen) atoms. The van der Waals surface area contributed by atoms with Crippen LogP contribution in [0.1, 0.15) is 33.4 Å². The van der Waals surface area contributed by atoms with Crippen molar-refractivity contribution in [3.8, 4) is 0 Å². The molecule has 0 radical (unpaired) electrons. The average molecular weight is 729 g/mol. The number of rotatable bonds is 15. The smallest absolute Gasteiger partial charge is 0.101 e. The minimum atomic E-state index is -5.31. The van der Waals surface area contributed by atoms with Crippen molar-refractivity contribution in [1.29, 1.82) is 0 Å². The third-order valence-corrected chi connectivity index (χ3v) is 11.1. The molecule has 0 bridgehead atoms. The van der Waals surface area contributed by atoms with E-state index in [1.54, 1.807) is 121 Å². The van der Waals surface area contributed by atoms with Crippen LogP contribution in [0.3, 0.4) is 0 Å². The summed E-state index contributed by atoms with van der Waals surface area (Å²) < 4.78 is 26.4. The molecule has 0 aliphatic carbocycles. The van der Waals surface area contributed by atoms with Crippen molar-refractivity contribution in [2.24, 2.45) is 0 Å². The van der Waals surface area contributed by atoms with Gasteiger partial charge in [-0.3, -0.25) is 10.6 Å². The Labute approximate surface area is 304 Å². The first-order valence-electron chi connectivity index (χ1n) is 16.9. The molecule has 0 saturated carbocycles. The van der Waals surface area contributed by atoms with Crippen molar-refractivity contribution in [3.05, 3.63) is 215 Å². The van der Waals surface area contributed by atoms with Gasteiger partial charge in [-0.15, -0.1) is 0 Å². The third-order valence-electron chi connectivity index (χ3n) is 9.36. The van der Waals surface area contributed by atoms with Crippen LogP contribution < -0.4 is 30.2 Å². The maximum absolute atomic E-state index is 13.2. The number of benzene rings is 6. The molecule has 6 rings (SSSR count). The molecule has 0 saturated heterocycles. The molecular formula is C42H38N2O6P2-4. The first-order valence-corrected chi connectivity index (χ1v) is 20.3. The zero-order valence-electron chi connectivity index (χ0n) is 28.3. The van der Waals surface area contributed by atoms with Crippen LogP contribution in [0.5, 0.6) is 0 Å². The van der Waals surface area contributed by atoms with Crippen LogP contribution in [0.2, 0.25) is 0 Å². The largest absolute Gasteiger partial charge is 0.811 e. The Morgan fingerprint density at radius 2 is 0.635 bits per heavy atom. The van der Waals surface area contributed by atoms with Crippen molar-refractivity contribution >= 4 is 15.2 Å². The van der Waals surface area contributed by atoms with Crippen LogP contribution in [0.4, 0.5) is 0 Å². The second-order valence-corrected chi connectivity index (χ2v) is 16.1. The van der Waals surface area contributed by atoms with Gasteiger partial charge < -0.3 is 28.7 Å². The van der Waals surface area contributed by atoms with Crippen LogP contribution in [-0.4, -0.2) is 12.3 Å². The van der Waals surface area contributed by atoms with Gasteiger partial charge in [0.25, 0.3) is 0 Å². The lowest BCUT2D eigenvalue weighted by Crippen LogP contribution is -2.69. The van der Waals surface area contributed by atoms with Crippen LogP contribution in [0, 0.1) is 0 Å². The normalized spacial score (nSPS) is 12.8. The second kappa shape index (κ2) is 15.6. The monoisotopic (exact) mass is 728 g/mol. The molecule has 266 valence electrons. The Bertz CT molecular complexity index is 1920. The molecule has 6 aromatic carbocycles. The SMILES string of the molecule is O=P([O-])([O-])CC(NC(Cc1ccccc1)(NC(CP(=O)([O-])[O-])(c1ccccc1)c1ccccc1)c1ccccc1)(c1ccccc1)c1ccccc1. The Kier molecular flexibility index (Phi) is 11.2. The Morgan fingerprint density at radius 1 is 0.385 bits per heavy atom. The van der Waals surface area contributed by atoms with E-state index in [4.69, 9.17) is 0 Å². The lowest BCUT2D eigenvalue weighted by Gasteiger charge is -2.54. The molecular weight excluding hydrogens is 690 g/mol. The highest BCUT2D eigenvalue weighted by atomic mass is 31.2. The first kappa shape index (κ1) is 37.3. The standard InChI is InChI=1S/C42H42N2O6P2/c45-51(46,47)32-40(35-21-9-2-10-22-35,36-23-11-3-12-24-36)43-42(39-29-17-6-18-30-39,31-34-19-7-1-8-20-34)44-41(33-52(48,49)50,37-25-13-4-14-26-37)38-27-15-5-16-28-38/h1-30,43-44H,31-33H2,(H2,45,46,47)(H2,48,49,50)/p-4. The van der Waals surface area contributed by atoms with Crippen LogP contribution >= 0.6 is 15.2 Å². The number of hydrogen-bond donors (Lipinski definition) is 2. The van der Waals surface area contributed by atoms with Crippen molar-refractivity contribution in [2.45, 2.75) is 23.2 Å². The van der Waals surface area contributed by atoms with Gasteiger partial charge in [0, 0.05) is 18.7 Å². The minimum Gasteiger partial charge on any atom is -0.811 e. The summed E-state index contributed by atoms with van der Waals surface area (Å²) in [6.07, 6.45) is -1.63. The van der Waals surface area contributed by atoms with E-state index in [9.17, 15) is 28.7 Å². The van der Waals surface area contributed by atoms with Crippen molar-refractivity contribution < 1.29 is 28.7 Å². The molecule has 0 atom stereocenters. The van der Waals surface area contributed by atoms with Gasteiger partial charge in [0.2, 0.25) is 0 Å². The van der Waals surface area contributed by atoms with Crippen molar-refractivity contribution in [3.63, 3.8) is 0 Å². The summed E-state index contributed by atoms with van der Waals surface area (Å²) in [6, 6.07) is 54.1. The molecule has 10 heteroatoms. The predicted molar refractivity (Wildman–Crippen MR) is 197 cm³/mol. The molecule has 0 aliphatic heterocycles. The summed E-state index contributed by atoms with van der Waals surface area (Å²) in [5.41, 5.74) is -1.60. The summed E-state index contributed by atoms with van der Waals surface area (Å²) in [4.78, 5) is 52.7. The maximum Gasteiger partial charge on any atom is 0.101 e. The lowest BCUT2D eigenvalue weighted by molar-refractivity contribution is -0.316. The lowest BCUT2D eigenvalue weighted by atomic mass is 9.77. The molecule has 0 unspecified atom stereocenters. The van der Waals surface area contributed by atoms with Crippen LogP contribution in [-0.2, 0) is 32.3 Å². The van der Waals surface area contributed by atoms with Gasteiger partial charge >= 0.3 is 0 Å². The van der Waals surface area contributed by atoms with Gasteiger partial charge in [0.05, 0.1) is 11.1 Å². The summed E-state index contributed by atoms with van der Waals surface area (Å²) in [5.74, 6) is 0.